The Morgan fingerprint density at radius 1 is 1.20 bits per heavy atom. The fourth-order valence-corrected chi connectivity index (χ4v) is 3.74. The molecule has 0 aromatic heterocycles. The molecule has 9 nitrogen and oxygen atoms in total. The number of rotatable bonds is 11. The fraction of sp³-hybridized carbons (Fsp3) is 0.577. The third-order valence-corrected chi connectivity index (χ3v) is 5.76. The summed E-state index contributed by atoms with van der Waals surface area (Å²) in [6, 6.07) is 7.62. The highest BCUT2D eigenvalue weighted by Gasteiger charge is 2.14. The molecule has 0 bridgehead atoms. The topological polar surface area (TPSA) is 130 Å². The summed E-state index contributed by atoms with van der Waals surface area (Å²) in [5, 5.41) is 5.89. The van der Waals surface area contributed by atoms with E-state index in [1.54, 1.807) is 0 Å². The first-order chi connectivity index (χ1) is 17.1. The molecule has 35 heavy (non-hydrogen) atoms. The smallest absolute Gasteiger partial charge is 0.324 e. The number of nitrogens with zero attached hydrogens (tertiary/aromatic N) is 3. The zero-order valence-corrected chi connectivity index (χ0v) is 21.2. The van der Waals surface area contributed by atoms with Crippen molar-refractivity contribution in [1.82, 2.24) is 15.5 Å². The number of nitrogens with one attached hydrogen (secondary N) is 2. The van der Waals surface area contributed by atoms with Crippen molar-refractivity contribution in [1.29, 1.82) is 0 Å². The van der Waals surface area contributed by atoms with E-state index in [-0.39, 0.29) is 12.0 Å². The van der Waals surface area contributed by atoms with Crippen LogP contribution in [0.25, 0.3) is 0 Å². The lowest BCUT2D eigenvalue weighted by Gasteiger charge is -2.23. The lowest BCUT2D eigenvalue weighted by molar-refractivity contribution is 0.198. The Kier molecular flexibility index (Phi) is 13.8. The van der Waals surface area contributed by atoms with Crippen molar-refractivity contribution in [2.24, 2.45) is 21.5 Å². The standard InChI is InChI=1S/C26H43N7O2/c1-2-3-16-29-24(27)30-17-10-6-4-5-7-11-18-33-19-12-13-20-35-23-15-9-8-14-22(23)21-31-25(28)32-26(33)34/h2-3,8-9,14-15H,4-7,10-13,16-21H2,1H3,(H3,27,29,30)(H3,28,31,32,34). The lowest BCUT2D eigenvalue weighted by atomic mass is 10.1. The molecule has 1 aliphatic heterocycles. The van der Waals surface area contributed by atoms with E-state index >= 15 is 0 Å². The van der Waals surface area contributed by atoms with Crippen LogP contribution in [0.4, 0.5) is 4.79 Å². The van der Waals surface area contributed by atoms with Gasteiger partial charge in [-0.1, -0.05) is 56.0 Å². The zero-order valence-electron chi connectivity index (χ0n) is 21.2. The van der Waals surface area contributed by atoms with E-state index < -0.39 is 0 Å². The first kappa shape index (κ1) is 28.0. The Bertz CT molecular complexity index is 839. The van der Waals surface area contributed by atoms with Gasteiger partial charge in [-0.25, -0.2) is 14.8 Å². The monoisotopic (exact) mass is 485 g/mol. The second kappa shape index (κ2) is 17.2. The number of carbonyl (C=O) groups is 1. The van der Waals surface area contributed by atoms with Gasteiger partial charge in [0.15, 0.2) is 11.9 Å². The third kappa shape index (κ3) is 12.2. The number of hydrogen-bond acceptors (Lipinski definition) is 5. The molecule has 194 valence electrons. The number of unbranched alkanes of at least 4 members (excludes halogenated alkanes) is 5. The number of amides is 2. The van der Waals surface area contributed by atoms with Gasteiger partial charge in [0.25, 0.3) is 0 Å². The van der Waals surface area contributed by atoms with Crippen molar-refractivity contribution in [3.63, 3.8) is 0 Å². The van der Waals surface area contributed by atoms with Gasteiger partial charge >= 0.3 is 6.03 Å². The third-order valence-electron chi connectivity index (χ3n) is 5.76. The molecule has 9 heteroatoms. The van der Waals surface area contributed by atoms with Crippen molar-refractivity contribution in [2.75, 3.05) is 32.8 Å². The molecule has 1 aromatic carbocycles. The Balaban J connectivity index is 1.66. The van der Waals surface area contributed by atoms with Crippen molar-refractivity contribution >= 4 is 18.0 Å². The molecule has 0 saturated heterocycles. The van der Waals surface area contributed by atoms with Crippen molar-refractivity contribution in [3.05, 3.63) is 42.0 Å². The van der Waals surface area contributed by atoms with Crippen LogP contribution in [0.2, 0.25) is 0 Å². The maximum absolute atomic E-state index is 12.7. The quantitative estimate of drug-likeness (QED) is 0.165. The van der Waals surface area contributed by atoms with Crippen LogP contribution in [0.15, 0.2) is 46.4 Å². The fourth-order valence-electron chi connectivity index (χ4n) is 3.74. The minimum atomic E-state index is -0.181. The van der Waals surface area contributed by atoms with Crippen LogP contribution in [0.5, 0.6) is 5.75 Å². The van der Waals surface area contributed by atoms with Crippen LogP contribution in [0.1, 0.15) is 63.9 Å². The van der Waals surface area contributed by atoms with Crippen LogP contribution < -0.4 is 26.8 Å². The average Bonchev–Trinajstić information content (AvgIpc) is 2.86. The number of para-hydroxylation sites is 1. The summed E-state index contributed by atoms with van der Waals surface area (Å²) in [5.74, 6) is 1.46. The summed E-state index contributed by atoms with van der Waals surface area (Å²) in [4.78, 5) is 23.1. The van der Waals surface area contributed by atoms with Gasteiger partial charge in [0, 0.05) is 25.2 Å². The minimum absolute atomic E-state index is 0.134. The molecule has 0 radical (unpaired) electrons. The number of allylic oxidation sites excluding steroid dienone is 1. The maximum atomic E-state index is 12.7. The van der Waals surface area contributed by atoms with Gasteiger partial charge in [0.2, 0.25) is 0 Å². The molecule has 0 fully saturated rings. The Labute approximate surface area is 210 Å². The van der Waals surface area contributed by atoms with Gasteiger partial charge in [0.05, 0.1) is 19.7 Å². The molecule has 2 amide bonds. The summed E-state index contributed by atoms with van der Waals surface area (Å²) < 4.78 is 5.93. The van der Waals surface area contributed by atoms with Gasteiger partial charge in [-0.3, -0.25) is 5.32 Å². The van der Waals surface area contributed by atoms with E-state index in [2.05, 4.69) is 20.6 Å². The first-order valence-corrected chi connectivity index (χ1v) is 12.8. The molecule has 1 aromatic rings. The molecule has 6 N–H and O–H groups in total. The average molecular weight is 486 g/mol. The number of hydrogen-bond donors (Lipinski definition) is 4. The van der Waals surface area contributed by atoms with Gasteiger partial charge in [-0.05, 0) is 38.7 Å². The highest BCUT2D eigenvalue weighted by atomic mass is 16.5. The molecular weight excluding hydrogens is 442 g/mol. The Hall–Kier alpha value is -3.23. The predicted octanol–water partition coefficient (Wildman–Crippen LogP) is 3.51. The minimum Gasteiger partial charge on any atom is -0.493 e. The summed E-state index contributed by atoms with van der Waals surface area (Å²) >= 11 is 0. The number of carbonyl (C=O) groups excluding carboxylic acids is 1. The molecule has 1 heterocycles. The number of ether oxygens (including phenoxy) is 1. The number of aliphatic imine (C=N–C) groups is 2. The maximum Gasteiger partial charge on any atom is 0.324 e. The highest BCUT2D eigenvalue weighted by Crippen LogP contribution is 2.19. The highest BCUT2D eigenvalue weighted by molar-refractivity contribution is 5.95. The zero-order chi connectivity index (χ0) is 25.1. The number of guanidine groups is 2. The Morgan fingerprint density at radius 3 is 2.80 bits per heavy atom. The van der Waals surface area contributed by atoms with Gasteiger partial charge in [0.1, 0.15) is 5.75 Å². The summed E-state index contributed by atoms with van der Waals surface area (Å²) in [6.07, 6.45) is 12.3. The summed E-state index contributed by atoms with van der Waals surface area (Å²) in [6.45, 7) is 5.80. The first-order valence-electron chi connectivity index (χ1n) is 12.8. The molecule has 1 aliphatic rings. The van der Waals surface area contributed by atoms with Crippen LogP contribution in [-0.2, 0) is 6.54 Å². The predicted molar refractivity (Wildman–Crippen MR) is 144 cm³/mol. The van der Waals surface area contributed by atoms with E-state index in [1.165, 1.54) is 6.42 Å². The normalized spacial score (nSPS) is 15.8. The second-order valence-electron chi connectivity index (χ2n) is 8.63. The second-order valence-corrected chi connectivity index (χ2v) is 8.63. The molecule has 0 saturated carbocycles. The van der Waals surface area contributed by atoms with Gasteiger partial charge in [-0.15, -0.1) is 0 Å². The largest absolute Gasteiger partial charge is 0.493 e. The summed E-state index contributed by atoms with van der Waals surface area (Å²) in [7, 11) is 0. The van der Waals surface area contributed by atoms with Crippen LogP contribution in [-0.4, -0.2) is 55.6 Å². The number of benzene rings is 1. The van der Waals surface area contributed by atoms with E-state index in [9.17, 15) is 4.79 Å². The molecule has 0 aliphatic carbocycles. The van der Waals surface area contributed by atoms with Crippen molar-refractivity contribution in [2.45, 2.75) is 64.8 Å². The van der Waals surface area contributed by atoms with E-state index in [0.717, 1.165) is 62.8 Å². The van der Waals surface area contributed by atoms with E-state index in [0.29, 0.717) is 38.7 Å². The van der Waals surface area contributed by atoms with E-state index in [4.69, 9.17) is 16.2 Å². The number of urea groups is 1. The summed E-state index contributed by atoms with van der Waals surface area (Å²) in [5.41, 5.74) is 12.7. The molecule has 0 atom stereocenters. The van der Waals surface area contributed by atoms with Gasteiger partial charge in [-0.2, -0.15) is 0 Å². The van der Waals surface area contributed by atoms with Crippen LogP contribution >= 0.6 is 0 Å². The Morgan fingerprint density at radius 2 is 1.97 bits per heavy atom. The van der Waals surface area contributed by atoms with E-state index in [1.807, 2.05) is 48.2 Å². The number of fused-ring (bicyclic) bond motifs is 1. The molecule has 2 rings (SSSR count). The molecule has 0 spiro atoms. The van der Waals surface area contributed by atoms with Gasteiger partial charge < -0.3 is 26.4 Å². The van der Waals surface area contributed by atoms with Crippen LogP contribution in [0.3, 0.4) is 0 Å². The lowest BCUT2D eigenvalue weighted by Crippen LogP contribution is -2.46. The SMILES string of the molecule is CC=CCN=C(N)NCCCCCCCCN1CCCCOc2ccccc2CN=C(N)NC1=O. The van der Waals surface area contributed by atoms with Crippen molar-refractivity contribution in [3.8, 4) is 5.75 Å². The van der Waals surface area contributed by atoms with Crippen molar-refractivity contribution < 1.29 is 9.53 Å². The number of nitrogens with two attached hydrogens (primary N) is 2. The molecular formula is C26H43N7O2. The van der Waals surface area contributed by atoms with Crippen LogP contribution in [0, 0.1) is 0 Å². The molecule has 0 unspecified atom stereocenters.